The summed E-state index contributed by atoms with van der Waals surface area (Å²) in [4.78, 5) is 27.3. The summed E-state index contributed by atoms with van der Waals surface area (Å²) >= 11 is 0. The third-order valence-corrected chi connectivity index (χ3v) is 5.43. The van der Waals surface area contributed by atoms with Crippen LogP contribution in [-0.2, 0) is 0 Å². The van der Waals surface area contributed by atoms with Gasteiger partial charge in [-0.3, -0.25) is 4.79 Å². The first kappa shape index (κ1) is 23.5. The number of carbonyl (C=O) groups is 2. The topological polar surface area (TPSA) is 103 Å². The highest BCUT2D eigenvalue weighted by molar-refractivity contribution is 6.02. The molecule has 3 rings (SSSR count). The SMILES string of the molecule is CNC[C@H]1Oc2ccc(NC(=O)Nc3ccc(F)cc3)cc2C(=O)N([C@@H](C)CO)C[C@H]1C. The van der Waals surface area contributed by atoms with Gasteiger partial charge in [0.2, 0.25) is 0 Å². The lowest BCUT2D eigenvalue weighted by Gasteiger charge is -2.37. The molecule has 0 aromatic heterocycles. The molecule has 32 heavy (non-hydrogen) atoms. The normalized spacial score (nSPS) is 19.3. The van der Waals surface area contributed by atoms with Crippen molar-refractivity contribution in [3.63, 3.8) is 0 Å². The predicted octanol–water partition coefficient (Wildman–Crippen LogP) is 2.91. The summed E-state index contributed by atoms with van der Waals surface area (Å²) in [6, 6.07) is 9.36. The number of aliphatic hydroxyl groups is 1. The van der Waals surface area contributed by atoms with Crippen molar-refractivity contribution >= 4 is 23.3 Å². The largest absolute Gasteiger partial charge is 0.488 e. The van der Waals surface area contributed by atoms with E-state index in [1.807, 2.05) is 14.0 Å². The Balaban J connectivity index is 1.86. The Bertz CT molecular complexity index is 954. The summed E-state index contributed by atoms with van der Waals surface area (Å²) in [7, 11) is 1.84. The van der Waals surface area contributed by atoms with Crippen LogP contribution in [0.4, 0.5) is 20.6 Å². The molecule has 0 fully saturated rings. The standard InChI is InChI=1S/C23H29FN4O4/c1-14-12-28(15(2)13-29)22(30)19-10-18(8-9-20(19)32-21(14)11-25-3)27-23(31)26-17-6-4-16(24)5-7-17/h4-10,14-15,21,25,29H,11-13H2,1-3H3,(H2,26,27,31)/t14-,15+,21-/m1/s1. The smallest absolute Gasteiger partial charge is 0.323 e. The summed E-state index contributed by atoms with van der Waals surface area (Å²) in [5.74, 6) is -0.225. The molecule has 0 saturated carbocycles. The van der Waals surface area contributed by atoms with E-state index in [1.165, 1.54) is 24.3 Å². The zero-order valence-corrected chi connectivity index (χ0v) is 18.4. The van der Waals surface area contributed by atoms with Crippen LogP contribution in [0.2, 0.25) is 0 Å². The second kappa shape index (κ2) is 10.4. The van der Waals surface area contributed by atoms with Crippen LogP contribution in [0.3, 0.4) is 0 Å². The summed E-state index contributed by atoms with van der Waals surface area (Å²) in [6.45, 7) is 4.65. The number of rotatable bonds is 6. The van der Waals surface area contributed by atoms with E-state index in [-0.39, 0.29) is 30.6 Å². The molecule has 4 N–H and O–H groups in total. The maximum atomic E-state index is 13.3. The van der Waals surface area contributed by atoms with Crippen molar-refractivity contribution in [2.45, 2.75) is 26.0 Å². The molecule has 1 aliphatic heterocycles. The Morgan fingerprint density at radius 2 is 1.88 bits per heavy atom. The van der Waals surface area contributed by atoms with Crippen LogP contribution in [0.1, 0.15) is 24.2 Å². The fourth-order valence-corrected chi connectivity index (χ4v) is 3.57. The maximum Gasteiger partial charge on any atom is 0.323 e. The van der Waals surface area contributed by atoms with E-state index in [1.54, 1.807) is 30.0 Å². The third kappa shape index (κ3) is 5.54. The number of amides is 3. The summed E-state index contributed by atoms with van der Waals surface area (Å²) < 4.78 is 19.2. The van der Waals surface area contributed by atoms with Gasteiger partial charge in [0.05, 0.1) is 18.2 Å². The molecular weight excluding hydrogens is 415 g/mol. The van der Waals surface area contributed by atoms with E-state index in [9.17, 15) is 19.1 Å². The van der Waals surface area contributed by atoms with Crippen LogP contribution in [0.5, 0.6) is 5.75 Å². The minimum absolute atomic E-state index is 0.0350. The van der Waals surface area contributed by atoms with Gasteiger partial charge in [0.1, 0.15) is 17.7 Å². The van der Waals surface area contributed by atoms with Crippen molar-refractivity contribution in [2.75, 3.05) is 37.4 Å². The van der Waals surface area contributed by atoms with E-state index < -0.39 is 11.8 Å². The van der Waals surface area contributed by atoms with Crippen LogP contribution < -0.4 is 20.7 Å². The van der Waals surface area contributed by atoms with Crippen LogP contribution in [0, 0.1) is 11.7 Å². The van der Waals surface area contributed by atoms with Crippen LogP contribution in [0.25, 0.3) is 0 Å². The van der Waals surface area contributed by atoms with Crippen molar-refractivity contribution in [3.8, 4) is 5.75 Å². The van der Waals surface area contributed by atoms with E-state index in [0.29, 0.717) is 35.8 Å². The first-order chi connectivity index (χ1) is 15.3. The van der Waals surface area contributed by atoms with Crippen molar-refractivity contribution in [2.24, 2.45) is 5.92 Å². The number of hydrogen-bond acceptors (Lipinski definition) is 5. The molecule has 0 spiro atoms. The number of nitrogens with zero attached hydrogens (tertiary/aromatic N) is 1. The maximum absolute atomic E-state index is 13.3. The van der Waals surface area contributed by atoms with Gasteiger partial charge in [-0.1, -0.05) is 6.92 Å². The molecule has 1 heterocycles. The number of ether oxygens (including phenoxy) is 1. The number of anilines is 2. The molecule has 9 heteroatoms. The second-order valence-corrected chi connectivity index (χ2v) is 7.98. The van der Waals surface area contributed by atoms with Gasteiger partial charge in [0.15, 0.2) is 0 Å². The molecule has 0 saturated heterocycles. The average molecular weight is 445 g/mol. The number of likely N-dealkylation sites (N-methyl/N-ethyl adjacent to an activating group) is 1. The number of fused-ring (bicyclic) bond motifs is 1. The molecule has 0 bridgehead atoms. The third-order valence-electron chi connectivity index (χ3n) is 5.43. The number of halogens is 1. The van der Waals surface area contributed by atoms with Gasteiger partial charge in [-0.2, -0.15) is 0 Å². The molecule has 8 nitrogen and oxygen atoms in total. The van der Waals surface area contributed by atoms with E-state index >= 15 is 0 Å². The van der Waals surface area contributed by atoms with Gasteiger partial charge in [-0.05, 0) is 56.4 Å². The second-order valence-electron chi connectivity index (χ2n) is 7.98. The Labute approximate surface area is 186 Å². The van der Waals surface area contributed by atoms with Crippen LogP contribution >= 0.6 is 0 Å². The van der Waals surface area contributed by atoms with Gasteiger partial charge in [0.25, 0.3) is 5.91 Å². The van der Waals surface area contributed by atoms with Crippen LogP contribution in [-0.4, -0.2) is 60.8 Å². The lowest BCUT2D eigenvalue weighted by atomic mass is 9.99. The highest BCUT2D eigenvalue weighted by Gasteiger charge is 2.32. The summed E-state index contributed by atoms with van der Waals surface area (Å²) in [5.41, 5.74) is 1.13. The van der Waals surface area contributed by atoms with Gasteiger partial charge in [-0.25, -0.2) is 9.18 Å². The number of carbonyl (C=O) groups excluding carboxylic acids is 2. The molecule has 2 aromatic rings. The quantitative estimate of drug-likeness (QED) is 0.549. The highest BCUT2D eigenvalue weighted by Crippen LogP contribution is 2.30. The van der Waals surface area contributed by atoms with Crippen LogP contribution in [0.15, 0.2) is 42.5 Å². The number of benzene rings is 2. The van der Waals surface area contributed by atoms with E-state index in [2.05, 4.69) is 16.0 Å². The zero-order valence-electron chi connectivity index (χ0n) is 18.4. The highest BCUT2D eigenvalue weighted by atomic mass is 19.1. The van der Waals surface area contributed by atoms with Crippen molar-refractivity contribution < 1.29 is 23.8 Å². The number of nitrogens with one attached hydrogen (secondary N) is 3. The molecule has 0 unspecified atom stereocenters. The fraction of sp³-hybridized carbons (Fsp3) is 0.391. The van der Waals surface area contributed by atoms with E-state index in [4.69, 9.17) is 4.74 Å². The number of hydrogen-bond donors (Lipinski definition) is 4. The Morgan fingerprint density at radius 3 is 2.53 bits per heavy atom. The lowest BCUT2D eigenvalue weighted by Crippen LogP contribution is -2.49. The molecule has 172 valence electrons. The number of aliphatic hydroxyl groups excluding tert-OH is 1. The van der Waals surface area contributed by atoms with Gasteiger partial charge >= 0.3 is 6.03 Å². The molecule has 3 amide bonds. The van der Waals surface area contributed by atoms with E-state index in [0.717, 1.165) is 0 Å². The molecular formula is C23H29FN4O4. The predicted molar refractivity (Wildman–Crippen MR) is 121 cm³/mol. The Hall–Kier alpha value is -3.17. The molecule has 2 aromatic carbocycles. The van der Waals surface area contributed by atoms with Crippen molar-refractivity contribution in [1.82, 2.24) is 10.2 Å². The van der Waals surface area contributed by atoms with Gasteiger partial charge in [0, 0.05) is 30.4 Å². The summed E-state index contributed by atoms with van der Waals surface area (Å²) in [6.07, 6.45) is -0.180. The molecule has 0 radical (unpaired) electrons. The molecule has 1 aliphatic rings. The first-order valence-corrected chi connectivity index (χ1v) is 10.5. The minimum atomic E-state index is -0.530. The van der Waals surface area contributed by atoms with Gasteiger partial charge in [-0.15, -0.1) is 0 Å². The lowest BCUT2D eigenvalue weighted by molar-refractivity contribution is 0.0416. The zero-order chi connectivity index (χ0) is 23.3. The summed E-state index contributed by atoms with van der Waals surface area (Å²) in [5, 5.41) is 18.1. The Morgan fingerprint density at radius 1 is 1.22 bits per heavy atom. The monoisotopic (exact) mass is 444 g/mol. The first-order valence-electron chi connectivity index (χ1n) is 10.5. The minimum Gasteiger partial charge on any atom is -0.488 e. The van der Waals surface area contributed by atoms with Gasteiger partial charge < -0.3 is 30.7 Å². The molecule has 0 aliphatic carbocycles. The van der Waals surface area contributed by atoms with Crippen molar-refractivity contribution in [3.05, 3.63) is 53.8 Å². The molecule has 3 atom stereocenters. The fourth-order valence-electron chi connectivity index (χ4n) is 3.57. The Kier molecular flexibility index (Phi) is 7.66. The average Bonchev–Trinajstić information content (AvgIpc) is 2.77. The number of urea groups is 1. The van der Waals surface area contributed by atoms with Crippen molar-refractivity contribution in [1.29, 1.82) is 0 Å².